The molecule has 0 saturated carbocycles. The van der Waals surface area contributed by atoms with Gasteiger partial charge in [-0.25, -0.2) is 0 Å². The molecule has 128 valence electrons. The van der Waals surface area contributed by atoms with E-state index in [0.29, 0.717) is 11.5 Å². The van der Waals surface area contributed by atoms with Gasteiger partial charge in [-0.3, -0.25) is 19.9 Å². The molecule has 2 aromatic rings. The molecule has 0 saturated heterocycles. The number of nitro benzene ring substituents is 1. The largest absolute Gasteiger partial charge is 0.454 e. The lowest BCUT2D eigenvalue weighted by Gasteiger charge is -2.11. The molecule has 0 bridgehead atoms. The van der Waals surface area contributed by atoms with Crippen molar-refractivity contribution in [3.05, 3.63) is 64.0 Å². The molecule has 1 aromatic carbocycles. The van der Waals surface area contributed by atoms with Crippen molar-refractivity contribution in [2.75, 3.05) is 6.79 Å². The summed E-state index contributed by atoms with van der Waals surface area (Å²) in [5, 5.41) is 13.9. The third-order valence-corrected chi connectivity index (χ3v) is 3.62. The molecular formula is C17H15N3O5. The predicted molar refractivity (Wildman–Crippen MR) is 89.0 cm³/mol. The summed E-state index contributed by atoms with van der Waals surface area (Å²) in [7, 11) is 0. The lowest BCUT2D eigenvalue weighted by Crippen LogP contribution is -2.25. The van der Waals surface area contributed by atoms with Crippen molar-refractivity contribution in [3.63, 3.8) is 0 Å². The molecule has 3 rings (SSSR count). The Labute approximate surface area is 143 Å². The van der Waals surface area contributed by atoms with Gasteiger partial charge in [0.2, 0.25) is 12.7 Å². The molecule has 8 nitrogen and oxygen atoms in total. The second-order valence-corrected chi connectivity index (χ2v) is 5.34. The van der Waals surface area contributed by atoms with Crippen LogP contribution in [0.15, 0.2) is 42.6 Å². The average Bonchev–Trinajstić information content (AvgIpc) is 3.07. The molecule has 1 N–H and O–H groups in total. The van der Waals surface area contributed by atoms with Crippen molar-refractivity contribution in [3.8, 4) is 11.5 Å². The van der Waals surface area contributed by atoms with Crippen molar-refractivity contribution in [1.29, 1.82) is 0 Å². The number of hydrogen-bond donors (Lipinski definition) is 1. The highest BCUT2D eigenvalue weighted by molar-refractivity contribution is 5.92. The molecule has 0 radical (unpaired) electrons. The van der Waals surface area contributed by atoms with Crippen molar-refractivity contribution in [2.45, 2.75) is 13.0 Å². The van der Waals surface area contributed by atoms with Gasteiger partial charge in [0.1, 0.15) is 0 Å². The van der Waals surface area contributed by atoms with E-state index in [2.05, 4.69) is 10.3 Å². The molecule has 25 heavy (non-hydrogen) atoms. The van der Waals surface area contributed by atoms with Crippen LogP contribution in [-0.2, 0) is 4.79 Å². The van der Waals surface area contributed by atoms with E-state index < -0.39 is 4.92 Å². The summed E-state index contributed by atoms with van der Waals surface area (Å²) in [5.41, 5.74) is 0.819. The third-order valence-electron chi connectivity index (χ3n) is 3.62. The maximum atomic E-state index is 12.1. The smallest absolute Gasteiger partial charge is 0.280 e. The van der Waals surface area contributed by atoms with Crippen molar-refractivity contribution < 1.29 is 19.2 Å². The van der Waals surface area contributed by atoms with Crippen LogP contribution in [0.3, 0.4) is 0 Å². The van der Waals surface area contributed by atoms with E-state index in [1.165, 1.54) is 24.3 Å². The minimum atomic E-state index is -0.532. The number of amides is 1. The van der Waals surface area contributed by atoms with Gasteiger partial charge in [-0.1, -0.05) is 6.07 Å². The van der Waals surface area contributed by atoms with Gasteiger partial charge in [-0.15, -0.1) is 0 Å². The topological polar surface area (TPSA) is 104 Å². The summed E-state index contributed by atoms with van der Waals surface area (Å²) in [6.07, 6.45) is 4.26. The number of nitrogens with zero attached hydrogens (tertiary/aromatic N) is 2. The van der Waals surface area contributed by atoms with Gasteiger partial charge in [0.15, 0.2) is 11.5 Å². The van der Waals surface area contributed by atoms with Crippen LogP contribution >= 0.6 is 0 Å². The van der Waals surface area contributed by atoms with Gasteiger partial charge >= 0.3 is 0 Å². The molecule has 1 aromatic heterocycles. The summed E-state index contributed by atoms with van der Waals surface area (Å²) < 4.78 is 10.4. The molecule has 0 fully saturated rings. The molecular weight excluding hydrogens is 326 g/mol. The number of fused-ring (bicyclic) bond motifs is 1. The zero-order valence-electron chi connectivity index (χ0n) is 13.3. The van der Waals surface area contributed by atoms with E-state index in [4.69, 9.17) is 9.47 Å². The SMILES string of the molecule is CC(NC(=O)C=Cc1cc2c(cc1[N+](=O)[O-])OCO2)c1ccccn1. The maximum Gasteiger partial charge on any atom is 0.280 e. The highest BCUT2D eigenvalue weighted by atomic mass is 16.7. The molecule has 1 atom stereocenters. The summed E-state index contributed by atoms with van der Waals surface area (Å²) in [6.45, 7) is 1.82. The van der Waals surface area contributed by atoms with Crippen LogP contribution in [0, 0.1) is 10.1 Å². The highest BCUT2D eigenvalue weighted by Crippen LogP contribution is 2.38. The molecule has 0 aliphatic carbocycles. The Morgan fingerprint density at radius 3 is 2.80 bits per heavy atom. The standard InChI is InChI=1S/C17H15N3O5/c1-11(13-4-2-3-7-18-13)19-17(21)6-5-12-8-15-16(25-10-24-15)9-14(12)20(22)23/h2-9,11H,10H2,1H3,(H,19,21). The fourth-order valence-corrected chi connectivity index (χ4v) is 2.37. The zero-order chi connectivity index (χ0) is 17.8. The summed E-state index contributed by atoms with van der Waals surface area (Å²) in [6, 6.07) is 7.90. The number of pyridine rings is 1. The quantitative estimate of drug-likeness (QED) is 0.509. The number of ether oxygens (including phenoxy) is 2. The normalized spacial score (nSPS) is 13.6. The Morgan fingerprint density at radius 1 is 1.36 bits per heavy atom. The first kappa shape index (κ1) is 16.4. The maximum absolute atomic E-state index is 12.1. The second kappa shape index (κ2) is 7.00. The fraction of sp³-hybridized carbons (Fsp3) is 0.176. The van der Waals surface area contributed by atoms with Gasteiger partial charge in [0.25, 0.3) is 5.69 Å². The molecule has 2 heterocycles. The van der Waals surface area contributed by atoms with Gasteiger partial charge < -0.3 is 14.8 Å². The van der Waals surface area contributed by atoms with Crippen LogP contribution < -0.4 is 14.8 Å². The monoisotopic (exact) mass is 341 g/mol. The van der Waals surface area contributed by atoms with Gasteiger partial charge in [-0.2, -0.15) is 0 Å². The minimum Gasteiger partial charge on any atom is -0.454 e. The Morgan fingerprint density at radius 2 is 2.12 bits per heavy atom. The first-order valence-electron chi connectivity index (χ1n) is 7.52. The molecule has 1 aliphatic heterocycles. The Balaban J connectivity index is 1.75. The van der Waals surface area contributed by atoms with E-state index in [1.54, 1.807) is 25.3 Å². The number of carbonyl (C=O) groups excluding carboxylic acids is 1. The molecule has 1 amide bonds. The van der Waals surface area contributed by atoms with Crippen LogP contribution in [0.4, 0.5) is 5.69 Å². The van der Waals surface area contributed by atoms with Crippen molar-refractivity contribution in [2.24, 2.45) is 0 Å². The van der Waals surface area contributed by atoms with Crippen LogP contribution in [0.1, 0.15) is 24.2 Å². The van der Waals surface area contributed by atoms with Crippen LogP contribution in [0.25, 0.3) is 6.08 Å². The molecule has 1 unspecified atom stereocenters. The number of nitrogens with one attached hydrogen (secondary N) is 1. The van der Waals surface area contributed by atoms with Gasteiger partial charge in [0.05, 0.1) is 28.3 Å². The predicted octanol–water partition coefficient (Wildman–Crippen LogP) is 2.61. The van der Waals surface area contributed by atoms with Gasteiger partial charge in [-0.05, 0) is 31.2 Å². The number of rotatable bonds is 5. The Bertz CT molecular complexity index is 836. The van der Waals surface area contributed by atoms with E-state index in [1.807, 2.05) is 6.07 Å². The van der Waals surface area contributed by atoms with E-state index >= 15 is 0 Å². The van der Waals surface area contributed by atoms with Crippen molar-refractivity contribution >= 4 is 17.7 Å². The average molecular weight is 341 g/mol. The number of hydrogen-bond acceptors (Lipinski definition) is 6. The molecule has 1 aliphatic rings. The lowest BCUT2D eigenvalue weighted by molar-refractivity contribution is -0.385. The second-order valence-electron chi connectivity index (χ2n) is 5.34. The summed E-state index contributed by atoms with van der Waals surface area (Å²) >= 11 is 0. The number of aromatic nitrogens is 1. The van der Waals surface area contributed by atoms with Crippen LogP contribution in [0.5, 0.6) is 11.5 Å². The summed E-state index contributed by atoms with van der Waals surface area (Å²) in [5.74, 6) is 0.342. The molecule has 8 heteroatoms. The number of benzene rings is 1. The van der Waals surface area contributed by atoms with Gasteiger partial charge in [0, 0.05) is 12.3 Å². The van der Waals surface area contributed by atoms with Crippen LogP contribution in [0.2, 0.25) is 0 Å². The molecule has 0 spiro atoms. The lowest BCUT2D eigenvalue weighted by atomic mass is 10.1. The highest BCUT2D eigenvalue weighted by Gasteiger charge is 2.22. The minimum absolute atomic E-state index is 0.0156. The fourth-order valence-electron chi connectivity index (χ4n) is 2.37. The Hall–Kier alpha value is -3.42. The van der Waals surface area contributed by atoms with E-state index in [9.17, 15) is 14.9 Å². The Kier molecular flexibility index (Phi) is 4.60. The number of carbonyl (C=O) groups is 1. The van der Waals surface area contributed by atoms with E-state index in [0.717, 1.165) is 5.69 Å². The van der Waals surface area contributed by atoms with E-state index in [-0.39, 0.29) is 30.0 Å². The summed E-state index contributed by atoms with van der Waals surface area (Å²) in [4.78, 5) is 26.9. The third kappa shape index (κ3) is 3.74. The first-order chi connectivity index (χ1) is 12.0. The number of nitro groups is 1. The van der Waals surface area contributed by atoms with Crippen LogP contribution in [-0.4, -0.2) is 22.6 Å². The first-order valence-corrected chi connectivity index (χ1v) is 7.52. The zero-order valence-corrected chi connectivity index (χ0v) is 13.3. The van der Waals surface area contributed by atoms with Crippen molar-refractivity contribution in [1.82, 2.24) is 10.3 Å².